The van der Waals surface area contributed by atoms with Crippen molar-refractivity contribution in [1.82, 2.24) is 0 Å². The zero-order valence-electron chi connectivity index (χ0n) is 76.6. The molecule has 97 heavy (non-hydrogen) atoms. The van der Waals surface area contributed by atoms with Crippen molar-refractivity contribution in [2.75, 3.05) is 34.0 Å². The van der Waals surface area contributed by atoms with Gasteiger partial charge < -0.3 is 14.2 Å². The van der Waals surface area contributed by atoms with Crippen molar-refractivity contribution in [3.63, 3.8) is 0 Å². The van der Waals surface area contributed by atoms with E-state index in [1.165, 1.54) is 31.2 Å². The largest absolute Gasteiger partial charge is 0.384 e. The fourth-order valence-corrected chi connectivity index (χ4v) is 19.1. The number of hydrogen-bond acceptors (Lipinski definition) is 3. The first-order valence-corrected chi connectivity index (χ1v) is 42.0. The minimum absolute atomic E-state index is 0.384. The van der Waals surface area contributed by atoms with Crippen molar-refractivity contribution in [2.45, 2.75) is 356 Å². The fraction of sp³-hybridized carbons (Fsp3) is 0.936. The highest BCUT2D eigenvalue weighted by atomic mass is 16.5. The Morgan fingerprint density at radius 2 is 0.608 bits per heavy atom. The number of ether oxygens (including phenoxy) is 3. The molecule has 0 saturated carbocycles. The third-order valence-electron chi connectivity index (χ3n) is 22.8. The first-order valence-electron chi connectivity index (χ1n) is 42.0. The minimum Gasteiger partial charge on any atom is -0.384 e. The smallest absolute Gasteiger partial charge is 0.0576 e. The van der Waals surface area contributed by atoms with Crippen LogP contribution in [-0.4, -0.2) is 40.1 Å². The van der Waals surface area contributed by atoms with Gasteiger partial charge in [0.15, 0.2) is 0 Å². The summed E-state index contributed by atoms with van der Waals surface area (Å²) in [5, 5.41) is 0. The van der Waals surface area contributed by atoms with Gasteiger partial charge in [0.2, 0.25) is 0 Å². The number of methoxy groups -OCH3 is 2. The lowest BCUT2D eigenvalue weighted by Gasteiger charge is -2.35. The quantitative estimate of drug-likeness (QED) is 0.0768. The van der Waals surface area contributed by atoms with Crippen LogP contribution in [0.3, 0.4) is 0 Å². The maximum atomic E-state index is 5.41. The molecule has 0 aromatic heterocycles. The van der Waals surface area contributed by atoms with E-state index in [4.69, 9.17) is 14.2 Å². The maximum Gasteiger partial charge on any atom is 0.0576 e. The normalized spacial score (nSPS) is 14.2. The molecule has 3 nitrogen and oxygen atoms in total. The van der Waals surface area contributed by atoms with Gasteiger partial charge in [-0.25, -0.2) is 0 Å². The Hall–Kier alpha value is -0.900. The third-order valence-corrected chi connectivity index (χ3v) is 22.8. The highest BCUT2D eigenvalue weighted by Crippen LogP contribution is 2.36. The van der Waals surface area contributed by atoms with Gasteiger partial charge >= 0.3 is 0 Å². The van der Waals surface area contributed by atoms with Crippen LogP contribution in [0.5, 0.6) is 0 Å². The summed E-state index contributed by atoms with van der Waals surface area (Å²) in [6, 6.07) is 10.8. The Balaban J connectivity index is -0.000000189. The van der Waals surface area contributed by atoms with Crippen LogP contribution in [0.1, 0.15) is 356 Å². The van der Waals surface area contributed by atoms with Crippen molar-refractivity contribution in [2.24, 2.45) is 183 Å². The molecular weight excluding hydrogens is 1180 g/mol. The molecule has 0 amide bonds. The lowest BCUT2D eigenvalue weighted by Crippen LogP contribution is -2.30. The van der Waals surface area contributed by atoms with Gasteiger partial charge in [-0.15, -0.1) is 0 Å². The predicted octanol–water partition coefficient (Wildman–Crippen LogP) is 30.9. The second-order valence-corrected chi connectivity index (χ2v) is 37.9. The van der Waals surface area contributed by atoms with Crippen LogP contribution in [0.25, 0.3) is 0 Å². The summed E-state index contributed by atoms with van der Waals surface area (Å²) in [4.78, 5) is 0. The molecule has 1 heterocycles. The molecule has 3 unspecified atom stereocenters. The SMILES string of the molecule is CC(C)C(C(C)C)C(C)C.CC(C)C(C(C)C)C(C)C.CC(C)C(C(C)C)C1CCOCC1.CC(C)C(C)C(C)C.CC(C)C(c1ccccc1)C(C)C.CCC(C(C)C)C(C)C.CCC(C)C(C(C)C)C(C)C.COC(C)C(C(C)C)C(C)C.COCC(C)C(C(C)C)C(C)C. The van der Waals surface area contributed by atoms with Crippen LogP contribution in [-0.2, 0) is 14.2 Å². The second-order valence-electron chi connectivity index (χ2n) is 37.9. The maximum absolute atomic E-state index is 5.41. The molecule has 1 aromatic rings. The second kappa shape index (κ2) is 62.5. The van der Waals surface area contributed by atoms with Gasteiger partial charge in [0, 0.05) is 34.0 Å². The summed E-state index contributed by atoms with van der Waals surface area (Å²) in [6.07, 6.45) is 5.59. The van der Waals surface area contributed by atoms with E-state index < -0.39 is 0 Å². The molecule has 1 fully saturated rings. The van der Waals surface area contributed by atoms with Crippen LogP contribution in [0.4, 0.5) is 0 Å². The number of benzene rings is 1. The third kappa shape index (κ3) is 53.5. The summed E-state index contributed by atoms with van der Waals surface area (Å²) in [5.74, 6) is 26.1. The molecule has 1 saturated heterocycles. The van der Waals surface area contributed by atoms with Crippen molar-refractivity contribution < 1.29 is 14.2 Å². The molecule has 0 spiro atoms. The lowest BCUT2D eigenvalue weighted by atomic mass is 9.73. The standard InChI is InChI=1S/C13H20.C12H24O.C11H24O.C11H24.C10H22O.2C10H22.C9H20.C8H18/c1-10(2)13(11(3)4)12-8-6-5-7-9-12;1-9(2)12(10(3)4)11-5-7-13-8-6-11;1-8(2)11(9(3)4)10(5)7-12-6;1-7-10(6)11(8(2)3)9(4)5;1-7(2)10(8(3)4)9(5)11-6;2*1-7(2)10(8(3)4)9(5)6;1-6-9(7(2)3)8(4)5;1-6(2)8(5)7(3)4/h5-11,13H,1-4H3;9-12H,5-8H2,1-4H3;8-11H,7H2,1-6H3;8-11H,7H2,1-6H3;7-10H,1-6H3;2*7-10H,1-6H3;7-9H,6H2,1-5H3;6-8H,1-5H3. The zero-order chi connectivity index (χ0) is 78.2. The highest BCUT2D eigenvalue weighted by Gasteiger charge is 2.30. The molecule has 0 N–H and O–H groups in total. The summed E-state index contributed by atoms with van der Waals surface area (Å²) >= 11 is 0. The fourth-order valence-electron chi connectivity index (χ4n) is 19.1. The molecule has 1 aliphatic heterocycles. The molecule has 3 heteroatoms. The average Bonchev–Trinajstić information content (AvgIpc) is 0.901. The zero-order valence-corrected chi connectivity index (χ0v) is 76.6. The van der Waals surface area contributed by atoms with E-state index in [-0.39, 0.29) is 0 Å². The van der Waals surface area contributed by atoms with Crippen molar-refractivity contribution in [1.29, 1.82) is 0 Å². The van der Waals surface area contributed by atoms with Gasteiger partial charge in [-0.3, -0.25) is 0 Å². The van der Waals surface area contributed by atoms with Gasteiger partial charge in [0.1, 0.15) is 0 Å². The minimum atomic E-state index is 0.384. The topological polar surface area (TPSA) is 27.7 Å². The van der Waals surface area contributed by atoms with Crippen molar-refractivity contribution in [3.05, 3.63) is 35.9 Å². The lowest BCUT2D eigenvalue weighted by molar-refractivity contribution is 0.0253. The summed E-state index contributed by atoms with van der Waals surface area (Å²) < 4.78 is 15.9. The Morgan fingerprint density at radius 3 is 0.763 bits per heavy atom. The van der Waals surface area contributed by atoms with E-state index in [9.17, 15) is 0 Å². The monoisotopic (exact) mass is 1370 g/mol. The molecule has 0 bridgehead atoms. The molecule has 2 rings (SSSR count). The van der Waals surface area contributed by atoms with Gasteiger partial charge in [-0.2, -0.15) is 0 Å². The van der Waals surface area contributed by atoms with Gasteiger partial charge in [-0.1, -0.05) is 355 Å². The van der Waals surface area contributed by atoms with Crippen LogP contribution >= 0.6 is 0 Å². The molecular formula is C94H196O3. The molecule has 0 aliphatic carbocycles. The van der Waals surface area contributed by atoms with Crippen molar-refractivity contribution in [3.8, 4) is 0 Å². The molecule has 0 radical (unpaired) electrons. The van der Waals surface area contributed by atoms with E-state index in [2.05, 4.69) is 349 Å². The molecule has 1 aliphatic rings. The van der Waals surface area contributed by atoms with Crippen LogP contribution < -0.4 is 0 Å². The predicted molar refractivity (Wildman–Crippen MR) is 450 cm³/mol. The first kappa shape index (κ1) is 109. The number of rotatable bonds is 30. The summed E-state index contributed by atoms with van der Waals surface area (Å²) in [6.45, 7) is 109. The van der Waals surface area contributed by atoms with Gasteiger partial charge in [0.05, 0.1) is 6.10 Å². The average molecular weight is 1370 g/mol. The highest BCUT2D eigenvalue weighted by molar-refractivity contribution is 5.20. The van der Waals surface area contributed by atoms with E-state index in [0.717, 1.165) is 180 Å². The Bertz CT molecular complexity index is 1590. The Kier molecular flexibility index (Phi) is 70.5. The first-order chi connectivity index (χ1) is 44.3. The number of hydrogen-bond donors (Lipinski definition) is 0. The Labute approximate surface area is 620 Å². The van der Waals surface area contributed by atoms with Gasteiger partial charge in [0.25, 0.3) is 0 Å². The van der Waals surface area contributed by atoms with E-state index in [0.29, 0.717) is 35.7 Å². The molecule has 1 aromatic carbocycles. The molecule has 3 atom stereocenters. The summed E-state index contributed by atoms with van der Waals surface area (Å²) in [5.41, 5.74) is 1.48. The van der Waals surface area contributed by atoms with Crippen LogP contribution in [0, 0.1) is 183 Å². The van der Waals surface area contributed by atoms with Gasteiger partial charge in [-0.05, 0) is 215 Å². The van der Waals surface area contributed by atoms with Crippen molar-refractivity contribution >= 4 is 0 Å². The van der Waals surface area contributed by atoms with E-state index >= 15 is 0 Å². The molecule has 590 valence electrons. The Morgan fingerprint density at radius 1 is 0.320 bits per heavy atom. The van der Waals surface area contributed by atoms with Crippen LogP contribution in [0.2, 0.25) is 0 Å². The summed E-state index contributed by atoms with van der Waals surface area (Å²) in [7, 11) is 3.58. The van der Waals surface area contributed by atoms with E-state index in [1.807, 2.05) is 0 Å². The van der Waals surface area contributed by atoms with Crippen LogP contribution in [0.15, 0.2) is 30.3 Å². The van der Waals surface area contributed by atoms with E-state index in [1.54, 1.807) is 14.2 Å².